The van der Waals surface area contributed by atoms with Crippen molar-refractivity contribution in [3.05, 3.63) is 0 Å². The molecule has 17 nitrogen and oxygen atoms in total. The van der Waals surface area contributed by atoms with Crippen LogP contribution in [0, 0.1) is 17.8 Å². The highest BCUT2D eigenvalue weighted by Gasteiger charge is 2.30. The molecule has 0 heterocycles. The molecule has 0 bridgehead atoms. The Balaban J connectivity index is 5.26. The Bertz CT molecular complexity index is 1860. The van der Waals surface area contributed by atoms with Crippen LogP contribution in [0.1, 0.15) is 389 Å². The molecule has 0 aliphatic rings. The number of unbranched alkanes of at least 4 members (excludes halogenated alkanes) is 40. The lowest BCUT2D eigenvalue weighted by molar-refractivity contribution is -0.161. The second-order valence-electron chi connectivity index (χ2n) is 28.4. The third kappa shape index (κ3) is 67.6. The smallest absolute Gasteiger partial charge is 0.462 e. The normalized spacial score (nSPS) is 14.6. The summed E-state index contributed by atoms with van der Waals surface area (Å²) in [6, 6.07) is 0. The average Bonchev–Trinajstić information content (AvgIpc) is 1.94. The van der Waals surface area contributed by atoms with Gasteiger partial charge in [-0.3, -0.25) is 37.3 Å². The lowest BCUT2D eigenvalue weighted by Crippen LogP contribution is -2.30. The highest BCUT2D eigenvalue weighted by atomic mass is 31.2. The second-order valence-corrected chi connectivity index (χ2v) is 31.3. The van der Waals surface area contributed by atoms with Gasteiger partial charge in [0.25, 0.3) is 0 Å². The standard InChI is InChI=1S/C76H148O17P2/c1-8-11-12-13-14-15-20-29-36-43-50-57-73(78)86-64-72(93-76(81)60-53-46-39-32-25-26-33-40-47-54-67(4)5)66-91-95(84,85)89-62-70(77)61-88-94(82,83)90-65-71(63-87-74(79)58-51-44-37-30-24-23-28-35-42-49-56-69(7)10-3)92-75(80)59-52-45-38-31-22-19-17-16-18-21-27-34-41-48-55-68(6)9-2/h67-72,77H,8-66H2,1-7H3,(H,82,83)(H,84,85)/t68?,69?,70-,71-,72-/m1/s1. The molecule has 7 atom stereocenters. The highest BCUT2D eigenvalue weighted by Crippen LogP contribution is 2.45. The monoisotopic (exact) mass is 1400 g/mol. The minimum atomic E-state index is -4.96. The number of hydrogen-bond acceptors (Lipinski definition) is 15. The van der Waals surface area contributed by atoms with Gasteiger partial charge in [-0.25, -0.2) is 9.13 Å². The Morgan fingerprint density at radius 3 is 0.800 bits per heavy atom. The van der Waals surface area contributed by atoms with Crippen LogP contribution in [-0.2, 0) is 65.4 Å². The van der Waals surface area contributed by atoms with Crippen LogP contribution < -0.4 is 0 Å². The summed E-state index contributed by atoms with van der Waals surface area (Å²) < 4.78 is 68.5. The molecule has 0 aromatic rings. The van der Waals surface area contributed by atoms with Crippen molar-refractivity contribution in [3.8, 4) is 0 Å². The van der Waals surface area contributed by atoms with E-state index in [0.717, 1.165) is 108 Å². The summed E-state index contributed by atoms with van der Waals surface area (Å²) in [4.78, 5) is 72.8. The van der Waals surface area contributed by atoms with Crippen molar-refractivity contribution in [3.63, 3.8) is 0 Å². The van der Waals surface area contributed by atoms with E-state index in [0.29, 0.717) is 25.7 Å². The van der Waals surface area contributed by atoms with Crippen LogP contribution in [0.3, 0.4) is 0 Å². The predicted molar refractivity (Wildman–Crippen MR) is 386 cm³/mol. The van der Waals surface area contributed by atoms with Crippen LogP contribution in [-0.4, -0.2) is 96.7 Å². The first-order chi connectivity index (χ1) is 45.8. The van der Waals surface area contributed by atoms with Crippen molar-refractivity contribution < 1.29 is 80.2 Å². The summed E-state index contributed by atoms with van der Waals surface area (Å²) >= 11 is 0. The quantitative estimate of drug-likeness (QED) is 0.0222. The molecule has 0 aromatic heterocycles. The summed E-state index contributed by atoms with van der Waals surface area (Å²) in [5.41, 5.74) is 0. The van der Waals surface area contributed by atoms with E-state index in [9.17, 15) is 43.2 Å². The molecule has 0 aliphatic heterocycles. The van der Waals surface area contributed by atoms with Gasteiger partial charge in [0.1, 0.15) is 19.3 Å². The number of carbonyl (C=O) groups excluding carboxylic acids is 4. The van der Waals surface area contributed by atoms with Gasteiger partial charge in [0.15, 0.2) is 12.2 Å². The van der Waals surface area contributed by atoms with E-state index in [1.165, 1.54) is 199 Å². The molecule has 0 radical (unpaired) electrons. The number of rotatable bonds is 74. The third-order valence-electron chi connectivity index (χ3n) is 18.4. The number of phosphoric acid groups is 2. The molecule has 0 aliphatic carbocycles. The molecule has 19 heteroatoms. The van der Waals surface area contributed by atoms with Crippen molar-refractivity contribution in [1.29, 1.82) is 0 Å². The van der Waals surface area contributed by atoms with E-state index in [2.05, 4.69) is 48.5 Å². The number of carbonyl (C=O) groups is 4. The summed E-state index contributed by atoms with van der Waals surface area (Å²) in [5.74, 6) is 0.275. The van der Waals surface area contributed by atoms with E-state index in [1.807, 2.05) is 0 Å². The predicted octanol–water partition coefficient (Wildman–Crippen LogP) is 22.2. The first kappa shape index (κ1) is 93.1. The van der Waals surface area contributed by atoms with Gasteiger partial charge in [0.2, 0.25) is 0 Å². The van der Waals surface area contributed by atoms with Gasteiger partial charge in [-0.2, -0.15) is 0 Å². The SMILES string of the molecule is CCCCCCCCCCCCCC(=O)OC[C@H](COP(=O)(O)OC[C@H](O)COP(=O)(O)OC[C@@H](COC(=O)CCCCCCCCCCCCC(C)CC)OC(=O)CCCCCCCCCCCCCCCCC(C)CC)OC(=O)CCCCCCCCCCCC(C)C. The lowest BCUT2D eigenvalue weighted by atomic mass is 9.99. The molecular formula is C76H148O17P2. The molecule has 564 valence electrons. The average molecular weight is 1400 g/mol. The largest absolute Gasteiger partial charge is 0.472 e. The summed E-state index contributed by atoms with van der Waals surface area (Å²) in [7, 11) is -9.91. The van der Waals surface area contributed by atoms with Crippen LogP contribution in [0.25, 0.3) is 0 Å². The molecule has 3 N–H and O–H groups in total. The van der Waals surface area contributed by atoms with E-state index in [4.69, 9.17) is 37.0 Å². The Morgan fingerprint density at radius 1 is 0.305 bits per heavy atom. The minimum absolute atomic E-state index is 0.105. The van der Waals surface area contributed by atoms with Crippen molar-refractivity contribution >= 4 is 39.5 Å². The molecule has 95 heavy (non-hydrogen) atoms. The number of hydrogen-bond donors (Lipinski definition) is 3. The first-order valence-corrected chi connectivity index (χ1v) is 42.4. The van der Waals surface area contributed by atoms with E-state index >= 15 is 0 Å². The van der Waals surface area contributed by atoms with Crippen molar-refractivity contribution in [2.45, 2.75) is 407 Å². The fourth-order valence-electron chi connectivity index (χ4n) is 11.5. The van der Waals surface area contributed by atoms with Crippen molar-refractivity contribution in [1.82, 2.24) is 0 Å². The van der Waals surface area contributed by atoms with Crippen molar-refractivity contribution in [2.75, 3.05) is 39.6 Å². The van der Waals surface area contributed by atoms with Crippen LogP contribution in [0.2, 0.25) is 0 Å². The van der Waals surface area contributed by atoms with E-state index in [1.54, 1.807) is 0 Å². The molecule has 4 unspecified atom stereocenters. The number of phosphoric ester groups is 2. The van der Waals surface area contributed by atoms with Crippen LogP contribution >= 0.6 is 15.6 Å². The van der Waals surface area contributed by atoms with Gasteiger partial charge in [-0.1, -0.05) is 337 Å². The van der Waals surface area contributed by atoms with Gasteiger partial charge in [-0.05, 0) is 43.4 Å². The van der Waals surface area contributed by atoms with Crippen LogP contribution in [0.4, 0.5) is 0 Å². The van der Waals surface area contributed by atoms with Gasteiger partial charge < -0.3 is 33.8 Å². The maximum absolute atomic E-state index is 13.1. The van der Waals surface area contributed by atoms with Gasteiger partial charge in [-0.15, -0.1) is 0 Å². The zero-order valence-electron chi connectivity index (χ0n) is 62.1. The number of ether oxygens (including phenoxy) is 4. The van der Waals surface area contributed by atoms with Crippen molar-refractivity contribution in [2.24, 2.45) is 17.8 Å². The fraction of sp³-hybridized carbons (Fsp3) is 0.947. The Hall–Kier alpha value is -1.94. The molecular weight excluding hydrogens is 1250 g/mol. The molecule has 0 amide bonds. The van der Waals surface area contributed by atoms with Crippen LogP contribution in [0.15, 0.2) is 0 Å². The molecule has 0 aromatic carbocycles. The van der Waals surface area contributed by atoms with Gasteiger partial charge >= 0.3 is 39.5 Å². The topological polar surface area (TPSA) is 237 Å². The fourth-order valence-corrected chi connectivity index (χ4v) is 13.1. The molecule has 0 spiro atoms. The number of esters is 4. The molecule has 0 fully saturated rings. The lowest BCUT2D eigenvalue weighted by Gasteiger charge is -2.21. The third-order valence-corrected chi connectivity index (χ3v) is 20.3. The molecule has 0 saturated heterocycles. The van der Waals surface area contributed by atoms with E-state index in [-0.39, 0.29) is 25.7 Å². The first-order valence-electron chi connectivity index (χ1n) is 39.4. The summed E-state index contributed by atoms with van der Waals surface area (Å²) in [6.07, 6.45) is 52.5. The van der Waals surface area contributed by atoms with E-state index < -0.39 is 97.5 Å². The molecule has 0 rings (SSSR count). The molecule has 0 saturated carbocycles. The van der Waals surface area contributed by atoms with Crippen LogP contribution in [0.5, 0.6) is 0 Å². The minimum Gasteiger partial charge on any atom is -0.462 e. The maximum Gasteiger partial charge on any atom is 0.472 e. The maximum atomic E-state index is 13.1. The Morgan fingerprint density at radius 2 is 0.537 bits per heavy atom. The highest BCUT2D eigenvalue weighted by molar-refractivity contribution is 7.47. The number of aliphatic hydroxyl groups excluding tert-OH is 1. The zero-order chi connectivity index (χ0) is 70.1. The second kappa shape index (κ2) is 66.6. The Kier molecular flexibility index (Phi) is 65.2. The zero-order valence-corrected chi connectivity index (χ0v) is 63.9. The van der Waals surface area contributed by atoms with Gasteiger partial charge in [0, 0.05) is 25.7 Å². The summed E-state index contributed by atoms with van der Waals surface area (Å²) in [6.45, 7) is 12.0. The summed E-state index contributed by atoms with van der Waals surface area (Å²) in [5, 5.41) is 10.6. The Labute approximate surface area is 581 Å². The number of aliphatic hydroxyl groups is 1. The van der Waals surface area contributed by atoms with Gasteiger partial charge in [0.05, 0.1) is 26.4 Å².